The van der Waals surface area contributed by atoms with Crippen LogP contribution in [0.2, 0.25) is 0 Å². The van der Waals surface area contributed by atoms with Crippen LogP contribution in [0, 0.1) is 18.6 Å². The average molecular weight is 364 g/mol. The highest BCUT2D eigenvalue weighted by Gasteiger charge is 2.11. The summed E-state index contributed by atoms with van der Waals surface area (Å²) in [6.45, 7) is 4.13. The molecule has 0 spiro atoms. The highest BCUT2D eigenvalue weighted by Crippen LogP contribution is 2.27. The van der Waals surface area contributed by atoms with Gasteiger partial charge in [-0.1, -0.05) is 15.9 Å². The fraction of sp³-hybridized carbons (Fsp3) is 0.200. The summed E-state index contributed by atoms with van der Waals surface area (Å²) in [5, 5.41) is 0. The SMILES string of the molecule is COc1ccc2[nH]c(=S)n(-c3cc(C)c(Br)c(C)c3)c2n1. The molecule has 1 N–H and O–H groups in total. The van der Waals surface area contributed by atoms with E-state index in [9.17, 15) is 0 Å². The molecule has 0 radical (unpaired) electrons. The quantitative estimate of drug-likeness (QED) is 0.683. The number of methoxy groups -OCH3 is 1. The van der Waals surface area contributed by atoms with E-state index in [-0.39, 0.29) is 0 Å². The van der Waals surface area contributed by atoms with Gasteiger partial charge in [0.25, 0.3) is 0 Å². The molecular weight excluding hydrogens is 350 g/mol. The molecule has 0 amide bonds. The predicted molar refractivity (Wildman–Crippen MR) is 90.0 cm³/mol. The zero-order valence-corrected chi connectivity index (χ0v) is 14.3. The highest BCUT2D eigenvalue weighted by molar-refractivity contribution is 9.10. The van der Waals surface area contributed by atoms with Gasteiger partial charge in [-0.15, -0.1) is 0 Å². The number of aryl methyl sites for hydroxylation is 2. The van der Waals surface area contributed by atoms with E-state index >= 15 is 0 Å². The third-order valence-corrected chi connectivity index (χ3v) is 4.93. The van der Waals surface area contributed by atoms with Gasteiger partial charge in [-0.3, -0.25) is 4.57 Å². The Hall–Kier alpha value is -1.66. The maximum atomic E-state index is 5.45. The molecule has 0 fully saturated rings. The number of nitrogens with one attached hydrogen (secondary N) is 1. The molecular formula is C15H14BrN3OS. The van der Waals surface area contributed by atoms with E-state index in [1.165, 1.54) is 0 Å². The van der Waals surface area contributed by atoms with E-state index < -0.39 is 0 Å². The number of imidazole rings is 1. The molecule has 0 bridgehead atoms. The number of aromatic nitrogens is 3. The van der Waals surface area contributed by atoms with Gasteiger partial charge in [0.15, 0.2) is 10.4 Å². The van der Waals surface area contributed by atoms with E-state index in [1.54, 1.807) is 7.11 Å². The van der Waals surface area contributed by atoms with Crippen LogP contribution in [0.1, 0.15) is 11.1 Å². The van der Waals surface area contributed by atoms with Crippen LogP contribution < -0.4 is 4.74 Å². The van der Waals surface area contributed by atoms with Crippen LogP contribution in [0.4, 0.5) is 0 Å². The molecule has 0 aliphatic heterocycles. The van der Waals surface area contributed by atoms with Crippen molar-refractivity contribution in [3.8, 4) is 11.6 Å². The van der Waals surface area contributed by atoms with E-state index in [1.807, 2.05) is 16.7 Å². The van der Waals surface area contributed by atoms with Gasteiger partial charge < -0.3 is 9.72 Å². The van der Waals surface area contributed by atoms with Crippen molar-refractivity contribution < 1.29 is 4.74 Å². The van der Waals surface area contributed by atoms with E-state index in [2.05, 4.69) is 51.9 Å². The minimum atomic E-state index is 0.566. The molecule has 3 rings (SSSR count). The first kappa shape index (κ1) is 14.3. The smallest absolute Gasteiger partial charge is 0.215 e. The van der Waals surface area contributed by atoms with Crippen molar-refractivity contribution in [2.24, 2.45) is 0 Å². The third-order valence-electron chi connectivity index (χ3n) is 3.39. The van der Waals surface area contributed by atoms with E-state index in [4.69, 9.17) is 17.0 Å². The number of halogens is 1. The molecule has 2 aromatic heterocycles. The highest BCUT2D eigenvalue weighted by atomic mass is 79.9. The Labute approximate surface area is 135 Å². The summed E-state index contributed by atoms with van der Waals surface area (Å²) >= 11 is 9.04. The second kappa shape index (κ2) is 5.27. The van der Waals surface area contributed by atoms with Crippen molar-refractivity contribution in [1.82, 2.24) is 14.5 Å². The lowest BCUT2D eigenvalue weighted by atomic mass is 10.1. The van der Waals surface area contributed by atoms with Crippen LogP contribution in [0.25, 0.3) is 16.9 Å². The van der Waals surface area contributed by atoms with Crippen molar-refractivity contribution in [3.63, 3.8) is 0 Å². The summed E-state index contributed by atoms with van der Waals surface area (Å²) in [4.78, 5) is 7.68. The van der Waals surface area contributed by atoms with E-state index in [0.29, 0.717) is 10.7 Å². The average Bonchev–Trinajstić information content (AvgIpc) is 2.79. The van der Waals surface area contributed by atoms with Crippen molar-refractivity contribution in [1.29, 1.82) is 0 Å². The lowest BCUT2D eigenvalue weighted by Crippen LogP contribution is -1.98. The van der Waals surface area contributed by atoms with E-state index in [0.717, 1.165) is 32.5 Å². The Balaban J connectivity index is 2.34. The Morgan fingerprint density at radius 1 is 1.24 bits per heavy atom. The monoisotopic (exact) mass is 363 g/mol. The lowest BCUT2D eigenvalue weighted by Gasteiger charge is -2.09. The number of fused-ring (bicyclic) bond motifs is 1. The molecule has 0 aliphatic rings. The number of H-pyrrole nitrogens is 1. The molecule has 108 valence electrons. The molecule has 21 heavy (non-hydrogen) atoms. The van der Waals surface area contributed by atoms with Crippen molar-refractivity contribution in [2.75, 3.05) is 7.11 Å². The van der Waals surface area contributed by atoms with Crippen LogP contribution >= 0.6 is 28.1 Å². The Morgan fingerprint density at radius 2 is 1.90 bits per heavy atom. The van der Waals surface area contributed by atoms with Crippen LogP contribution in [0.5, 0.6) is 5.88 Å². The first-order valence-electron chi connectivity index (χ1n) is 6.44. The number of pyridine rings is 1. The topological polar surface area (TPSA) is 42.8 Å². The zero-order chi connectivity index (χ0) is 15.1. The summed E-state index contributed by atoms with van der Waals surface area (Å²) in [6, 6.07) is 7.91. The standard InChI is InChI=1S/C15H14BrN3OS/c1-8-6-10(7-9(2)13(8)16)19-14-11(17-15(19)21)4-5-12(18-14)20-3/h4-7H,1-3H3,(H,17,21). The number of benzene rings is 1. The Kier molecular flexibility index (Phi) is 3.59. The first-order chi connectivity index (χ1) is 10.0. The summed E-state index contributed by atoms with van der Waals surface area (Å²) in [5.41, 5.74) is 4.96. The molecule has 0 saturated heterocycles. The van der Waals surface area contributed by atoms with Gasteiger partial charge in [-0.2, -0.15) is 4.98 Å². The molecule has 1 aromatic carbocycles. The van der Waals surface area contributed by atoms with Crippen molar-refractivity contribution in [3.05, 3.63) is 44.6 Å². The van der Waals surface area contributed by atoms with Gasteiger partial charge in [0.2, 0.25) is 5.88 Å². The fourth-order valence-corrected chi connectivity index (χ4v) is 2.90. The summed E-state index contributed by atoms with van der Waals surface area (Å²) < 4.78 is 8.87. The number of aromatic amines is 1. The summed E-state index contributed by atoms with van der Waals surface area (Å²) in [7, 11) is 1.60. The van der Waals surface area contributed by atoms with Crippen LogP contribution in [0.15, 0.2) is 28.7 Å². The Morgan fingerprint density at radius 3 is 2.52 bits per heavy atom. The van der Waals surface area contributed by atoms with Gasteiger partial charge in [0.05, 0.1) is 18.3 Å². The molecule has 6 heteroatoms. The number of hydrogen-bond acceptors (Lipinski definition) is 3. The van der Waals surface area contributed by atoms with Crippen molar-refractivity contribution >= 4 is 39.3 Å². The minimum absolute atomic E-state index is 0.566. The van der Waals surface area contributed by atoms with Gasteiger partial charge in [-0.25, -0.2) is 0 Å². The largest absolute Gasteiger partial charge is 0.481 e. The minimum Gasteiger partial charge on any atom is -0.481 e. The molecule has 0 saturated carbocycles. The predicted octanol–water partition coefficient (Wildman–Crippen LogP) is 4.47. The van der Waals surface area contributed by atoms with Gasteiger partial charge in [0, 0.05) is 10.5 Å². The second-order valence-electron chi connectivity index (χ2n) is 4.88. The number of hydrogen-bond donors (Lipinski definition) is 1. The summed E-state index contributed by atoms with van der Waals surface area (Å²) in [5.74, 6) is 0.566. The lowest BCUT2D eigenvalue weighted by molar-refractivity contribution is 0.399. The molecule has 0 unspecified atom stereocenters. The maximum absolute atomic E-state index is 5.45. The van der Waals surface area contributed by atoms with Crippen LogP contribution in [0.3, 0.4) is 0 Å². The third kappa shape index (κ3) is 2.38. The molecule has 2 heterocycles. The number of rotatable bonds is 2. The molecule has 0 aliphatic carbocycles. The number of ether oxygens (including phenoxy) is 1. The zero-order valence-electron chi connectivity index (χ0n) is 11.9. The fourth-order valence-electron chi connectivity index (χ4n) is 2.37. The first-order valence-corrected chi connectivity index (χ1v) is 7.64. The van der Waals surface area contributed by atoms with Crippen LogP contribution in [-0.4, -0.2) is 21.6 Å². The van der Waals surface area contributed by atoms with Gasteiger partial charge >= 0.3 is 0 Å². The Bertz CT molecular complexity index is 875. The second-order valence-corrected chi connectivity index (χ2v) is 6.06. The molecule has 0 atom stereocenters. The van der Waals surface area contributed by atoms with Gasteiger partial charge in [-0.05, 0) is 55.4 Å². The van der Waals surface area contributed by atoms with Gasteiger partial charge in [0.1, 0.15) is 0 Å². The normalized spacial score (nSPS) is 11.0. The number of nitrogens with zero attached hydrogens (tertiary/aromatic N) is 2. The van der Waals surface area contributed by atoms with Crippen LogP contribution in [-0.2, 0) is 0 Å². The molecule has 3 aromatic rings. The maximum Gasteiger partial charge on any atom is 0.215 e. The van der Waals surface area contributed by atoms with Crippen molar-refractivity contribution in [2.45, 2.75) is 13.8 Å². The molecule has 4 nitrogen and oxygen atoms in total. The summed E-state index contributed by atoms with van der Waals surface area (Å²) in [6.07, 6.45) is 0.